The Morgan fingerprint density at radius 1 is 0.789 bits per heavy atom. The van der Waals surface area contributed by atoms with Crippen LogP contribution in [0.25, 0.3) is 21.5 Å². The quantitative estimate of drug-likeness (QED) is 0.358. The smallest absolute Gasteiger partial charge is 0.744 e. The average molecular weight is 296 g/mol. The fraction of sp³-hybridized carbons (Fsp3) is 0. The van der Waals surface area contributed by atoms with Crippen LogP contribution in [-0.4, -0.2) is 13.0 Å². The van der Waals surface area contributed by atoms with E-state index in [9.17, 15) is 13.0 Å². The molecule has 0 aliphatic rings. The second kappa shape index (κ2) is 5.61. The molecule has 0 atom stereocenters. The first-order valence-electron chi connectivity index (χ1n) is 5.44. The Labute approximate surface area is 153 Å². The Bertz CT molecular complexity index is 857. The van der Waals surface area contributed by atoms with Crippen molar-refractivity contribution in [2.24, 2.45) is 0 Å². The zero-order valence-corrected chi connectivity index (χ0v) is 14.3. The monoisotopic (exact) mass is 296 g/mol. The number of hydrogen-bond donors (Lipinski definition) is 0. The van der Waals surface area contributed by atoms with Crippen molar-refractivity contribution >= 4 is 31.7 Å². The van der Waals surface area contributed by atoms with Crippen LogP contribution in [0.5, 0.6) is 0 Å². The Kier molecular flexibility index (Phi) is 4.47. The molecule has 3 rings (SSSR count). The molecule has 0 aliphatic heterocycles. The van der Waals surface area contributed by atoms with Crippen LogP contribution in [0.15, 0.2) is 59.5 Å². The molecule has 3 aromatic rings. The molecule has 19 heavy (non-hydrogen) atoms. The molecule has 3 nitrogen and oxygen atoms in total. The minimum absolute atomic E-state index is 0. The third kappa shape index (κ3) is 2.78. The Morgan fingerprint density at radius 3 is 1.95 bits per heavy atom. The van der Waals surface area contributed by atoms with E-state index in [2.05, 4.69) is 0 Å². The van der Waals surface area contributed by atoms with Gasteiger partial charge in [0.05, 0.1) is 4.90 Å². The normalized spacial score (nSPS) is 11.4. The minimum Gasteiger partial charge on any atom is -0.744 e. The van der Waals surface area contributed by atoms with Crippen molar-refractivity contribution < 1.29 is 64.4 Å². The molecule has 0 bridgehead atoms. The number of benzene rings is 3. The Morgan fingerprint density at radius 2 is 1.32 bits per heavy atom. The van der Waals surface area contributed by atoms with Crippen molar-refractivity contribution in [1.29, 1.82) is 0 Å². The Balaban J connectivity index is 0.00000133. The molecule has 0 fully saturated rings. The first kappa shape index (κ1) is 15.1. The van der Waals surface area contributed by atoms with Crippen LogP contribution < -0.4 is 51.4 Å². The molecule has 0 heterocycles. The van der Waals surface area contributed by atoms with Crippen molar-refractivity contribution in [2.75, 3.05) is 0 Å². The summed E-state index contributed by atoms with van der Waals surface area (Å²) in [5, 5.41) is 2.96. The molecular formula is C14H9KO3S. The van der Waals surface area contributed by atoms with Crippen molar-refractivity contribution in [3.63, 3.8) is 0 Å². The summed E-state index contributed by atoms with van der Waals surface area (Å²) in [7, 11) is -4.47. The first-order valence-corrected chi connectivity index (χ1v) is 6.84. The van der Waals surface area contributed by atoms with Crippen molar-refractivity contribution in [3.05, 3.63) is 54.6 Å². The zero-order valence-electron chi connectivity index (χ0n) is 10.3. The predicted molar refractivity (Wildman–Crippen MR) is 69.4 cm³/mol. The molecule has 90 valence electrons. The van der Waals surface area contributed by atoms with Crippen LogP contribution in [-0.2, 0) is 10.1 Å². The van der Waals surface area contributed by atoms with Crippen LogP contribution in [0.2, 0.25) is 0 Å². The number of rotatable bonds is 1. The molecule has 0 N–H and O–H groups in total. The summed E-state index contributed by atoms with van der Waals surface area (Å²) in [4.78, 5) is -0.156. The standard InChI is InChI=1S/C14H10O3S.K/c15-18(16,17)14-9-10-5-1-2-6-11(10)12-7-3-4-8-13(12)14;/h1-9H,(H,15,16,17);/q;+1/p-1. The van der Waals surface area contributed by atoms with E-state index in [4.69, 9.17) is 0 Å². The molecule has 5 heteroatoms. The van der Waals surface area contributed by atoms with Gasteiger partial charge >= 0.3 is 51.4 Å². The van der Waals surface area contributed by atoms with Gasteiger partial charge in [0.1, 0.15) is 10.1 Å². The summed E-state index contributed by atoms with van der Waals surface area (Å²) < 4.78 is 34.0. The third-order valence-electron chi connectivity index (χ3n) is 3.00. The fourth-order valence-electron chi connectivity index (χ4n) is 2.23. The maximum atomic E-state index is 11.3. The third-order valence-corrected chi connectivity index (χ3v) is 3.88. The summed E-state index contributed by atoms with van der Waals surface area (Å²) in [6.45, 7) is 0. The van der Waals surface area contributed by atoms with Crippen molar-refractivity contribution in [1.82, 2.24) is 0 Å². The molecule has 0 amide bonds. The van der Waals surface area contributed by atoms with E-state index in [0.29, 0.717) is 5.39 Å². The molecule has 0 unspecified atom stereocenters. The molecule has 0 aliphatic carbocycles. The van der Waals surface area contributed by atoms with Gasteiger partial charge in [-0.15, -0.1) is 0 Å². The second-order valence-corrected chi connectivity index (χ2v) is 5.44. The van der Waals surface area contributed by atoms with Crippen LogP contribution >= 0.6 is 0 Å². The second-order valence-electron chi connectivity index (χ2n) is 4.10. The van der Waals surface area contributed by atoms with E-state index >= 15 is 0 Å². The first-order chi connectivity index (χ1) is 8.57. The van der Waals surface area contributed by atoms with Gasteiger partial charge in [0, 0.05) is 0 Å². The SMILES string of the molecule is O=S(=O)([O-])c1cc2ccccc2c2ccccc12.[K+]. The summed E-state index contributed by atoms with van der Waals surface area (Å²) in [6, 6.07) is 15.9. The van der Waals surface area contributed by atoms with E-state index in [0.717, 1.165) is 16.2 Å². The van der Waals surface area contributed by atoms with Gasteiger partial charge in [-0.1, -0.05) is 48.5 Å². The molecule has 3 aromatic carbocycles. The van der Waals surface area contributed by atoms with Gasteiger partial charge in [0.15, 0.2) is 0 Å². The van der Waals surface area contributed by atoms with Gasteiger partial charge in [-0.2, -0.15) is 0 Å². The van der Waals surface area contributed by atoms with E-state index in [-0.39, 0.29) is 56.3 Å². The number of fused-ring (bicyclic) bond motifs is 3. The molecular weight excluding hydrogens is 287 g/mol. The Hall–Kier alpha value is -0.274. The van der Waals surface area contributed by atoms with Gasteiger partial charge in [-0.3, -0.25) is 0 Å². The maximum Gasteiger partial charge on any atom is 1.00 e. The fourth-order valence-corrected chi connectivity index (χ4v) is 2.95. The van der Waals surface area contributed by atoms with Gasteiger partial charge in [-0.25, -0.2) is 8.42 Å². The van der Waals surface area contributed by atoms with E-state index < -0.39 is 10.1 Å². The minimum atomic E-state index is -4.47. The molecule has 0 radical (unpaired) electrons. The topological polar surface area (TPSA) is 57.2 Å². The molecule has 0 aromatic heterocycles. The maximum absolute atomic E-state index is 11.3. The predicted octanol–water partition coefficient (Wildman–Crippen LogP) is -0.0989. The number of hydrogen-bond acceptors (Lipinski definition) is 3. The zero-order chi connectivity index (χ0) is 12.8. The molecule has 0 saturated carbocycles. The van der Waals surface area contributed by atoms with Gasteiger partial charge in [-0.05, 0) is 27.6 Å². The molecule has 0 spiro atoms. The van der Waals surface area contributed by atoms with E-state index in [1.807, 2.05) is 30.3 Å². The summed E-state index contributed by atoms with van der Waals surface area (Å²) >= 11 is 0. The average Bonchev–Trinajstić information content (AvgIpc) is 2.37. The summed E-state index contributed by atoms with van der Waals surface area (Å²) in [5.41, 5.74) is 0. The van der Waals surface area contributed by atoms with E-state index in [1.54, 1.807) is 18.2 Å². The molecule has 0 saturated heterocycles. The van der Waals surface area contributed by atoms with Crippen LogP contribution in [0, 0.1) is 0 Å². The van der Waals surface area contributed by atoms with Gasteiger partial charge in [0.25, 0.3) is 0 Å². The largest absolute Gasteiger partial charge is 1.00 e. The van der Waals surface area contributed by atoms with Crippen molar-refractivity contribution in [3.8, 4) is 0 Å². The van der Waals surface area contributed by atoms with Crippen molar-refractivity contribution in [2.45, 2.75) is 4.90 Å². The van der Waals surface area contributed by atoms with Crippen LogP contribution in [0.4, 0.5) is 0 Å². The summed E-state index contributed by atoms with van der Waals surface area (Å²) in [5.74, 6) is 0. The van der Waals surface area contributed by atoms with Crippen LogP contribution in [0.1, 0.15) is 0 Å². The van der Waals surface area contributed by atoms with Gasteiger partial charge < -0.3 is 4.55 Å². The van der Waals surface area contributed by atoms with Crippen LogP contribution in [0.3, 0.4) is 0 Å². The van der Waals surface area contributed by atoms with E-state index in [1.165, 1.54) is 6.07 Å². The van der Waals surface area contributed by atoms with Gasteiger partial charge in [0.2, 0.25) is 0 Å². The summed E-state index contributed by atoms with van der Waals surface area (Å²) in [6.07, 6.45) is 0.